The lowest BCUT2D eigenvalue weighted by molar-refractivity contribution is -0.115. The van der Waals surface area contributed by atoms with Crippen molar-refractivity contribution in [1.29, 1.82) is 0 Å². The number of benzene rings is 3. The summed E-state index contributed by atoms with van der Waals surface area (Å²) >= 11 is 0. The average molecular weight is 405 g/mol. The molecule has 0 spiro atoms. The summed E-state index contributed by atoms with van der Waals surface area (Å²) < 4.78 is 11.5. The number of hydrogen-bond donors (Lipinski definition) is 2. The van der Waals surface area contributed by atoms with Crippen molar-refractivity contribution in [2.24, 2.45) is 0 Å². The van der Waals surface area contributed by atoms with Crippen LogP contribution < -0.4 is 20.1 Å². The molecule has 0 aliphatic heterocycles. The summed E-state index contributed by atoms with van der Waals surface area (Å²) in [5.74, 6) is 1.44. The van der Waals surface area contributed by atoms with Gasteiger partial charge in [-0.25, -0.2) is 0 Å². The standard InChI is InChI=1S/C25H28N2O3/c1-4-25(28)27-22-12-10-21(11-13-22)26-16-19-9-14-23(24(15-19)29-3)30-17-20-8-6-5-7-18(20)2/h5-15,26H,4,16-17H2,1-3H3,(H,27,28). The Morgan fingerprint density at radius 3 is 2.37 bits per heavy atom. The van der Waals surface area contributed by atoms with Crippen LogP contribution in [0.5, 0.6) is 11.5 Å². The first-order chi connectivity index (χ1) is 14.6. The average Bonchev–Trinajstić information content (AvgIpc) is 2.78. The Labute approximate surface area is 178 Å². The molecule has 0 heterocycles. The van der Waals surface area contributed by atoms with Gasteiger partial charge in [0.2, 0.25) is 5.91 Å². The zero-order valence-corrected chi connectivity index (χ0v) is 17.7. The number of hydrogen-bond acceptors (Lipinski definition) is 4. The van der Waals surface area contributed by atoms with Gasteiger partial charge < -0.3 is 20.1 Å². The Hall–Kier alpha value is -3.47. The van der Waals surface area contributed by atoms with E-state index < -0.39 is 0 Å². The van der Waals surface area contributed by atoms with Gasteiger partial charge in [-0.05, 0) is 60.0 Å². The number of ether oxygens (including phenoxy) is 2. The Bertz CT molecular complexity index is 984. The summed E-state index contributed by atoms with van der Waals surface area (Å²) in [6.07, 6.45) is 0.465. The van der Waals surface area contributed by atoms with E-state index in [2.05, 4.69) is 29.7 Å². The second-order valence-corrected chi connectivity index (χ2v) is 7.03. The molecule has 0 saturated carbocycles. The largest absolute Gasteiger partial charge is 0.493 e. The summed E-state index contributed by atoms with van der Waals surface area (Å²) in [5.41, 5.74) is 5.22. The van der Waals surface area contributed by atoms with Crippen molar-refractivity contribution in [2.75, 3.05) is 17.7 Å². The predicted octanol–water partition coefficient (Wildman–Crippen LogP) is 5.54. The molecule has 0 aliphatic rings. The first kappa shape index (κ1) is 21.2. The molecule has 2 N–H and O–H groups in total. The van der Waals surface area contributed by atoms with Crippen LogP contribution in [0.2, 0.25) is 0 Å². The fourth-order valence-corrected chi connectivity index (χ4v) is 2.99. The predicted molar refractivity (Wildman–Crippen MR) is 121 cm³/mol. The number of carbonyl (C=O) groups excluding carboxylic acids is 1. The van der Waals surface area contributed by atoms with Gasteiger partial charge in [-0.1, -0.05) is 37.3 Å². The second kappa shape index (κ2) is 10.3. The minimum Gasteiger partial charge on any atom is -0.493 e. The SMILES string of the molecule is CCC(=O)Nc1ccc(NCc2ccc(OCc3ccccc3C)c(OC)c2)cc1. The Kier molecular flexibility index (Phi) is 7.33. The number of aryl methyl sites for hydroxylation is 1. The van der Waals surface area contributed by atoms with Crippen LogP contribution in [0.15, 0.2) is 66.7 Å². The maximum absolute atomic E-state index is 11.5. The second-order valence-electron chi connectivity index (χ2n) is 7.03. The lowest BCUT2D eigenvalue weighted by atomic mass is 10.1. The van der Waals surface area contributed by atoms with Crippen molar-refractivity contribution in [3.8, 4) is 11.5 Å². The molecule has 0 aliphatic carbocycles. The van der Waals surface area contributed by atoms with E-state index in [1.54, 1.807) is 7.11 Å². The maximum atomic E-state index is 11.5. The third-order valence-corrected chi connectivity index (χ3v) is 4.86. The number of anilines is 2. The topological polar surface area (TPSA) is 59.6 Å². The highest BCUT2D eigenvalue weighted by molar-refractivity contribution is 5.90. The zero-order valence-electron chi connectivity index (χ0n) is 17.7. The maximum Gasteiger partial charge on any atom is 0.224 e. The van der Waals surface area contributed by atoms with Crippen LogP contribution in [-0.4, -0.2) is 13.0 Å². The van der Waals surface area contributed by atoms with Gasteiger partial charge in [0.05, 0.1) is 7.11 Å². The van der Waals surface area contributed by atoms with E-state index in [0.29, 0.717) is 25.3 Å². The molecule has 3 aromatic rings. The first-order valence-corrected chi connectivity index (χ1v) is 10.1. The normalized spacial score (nSPS) is 10.4. The van der Waals surface area contributed by atoms with Gasteiger partial charge in [0, 0.05) is 24.3 Å². The van der Waals surface area contributed by atoms with Crippen molar-refractivity contribution in [3.05, 3.63) is 83.4 Å². The summed E-state index contributed by atoms with van der Waals surface area (Å²) in [4.78, 5) is 11.5. The monoisotopic (exact) mass is 404 g/mol. The van der Waals surface area contributed by atoms with Crippen LogP contribution in [0, 0.1) is 6.92 Å². The Morgan fingerprint density at radius 1 is 0.933 bits per heavy atom. The van der Waals surface area contributed by atoms with Gasteiger partial charge in [0.15, 0.2) is 11.5 Å². The summed E-state index contributed by atoms with van der Waals surface area (Å²) in [5, 5.41) is 6.23. The molecule has 5 heteroatoms. The van der Waals surface area contributed by atoms with Gasteiger partial charge in [0.25, 0.3) is 0 Å². The molecule has 0 fully saturated rings. The minimum absolute atomic E-state index is 0.00698. The molecule has 5 nitrogen and oxygen atoms in total. The molecule has 0 atom stereocenters. The molecule has 0 bridgehead atoms. The van der Waals surface area contributed by atoms with Crippen molar-refractivity contribution < 1.29 is 14.3 Å². The number of nitrogens with one attached hydrogen (secondary N) is 2. The number of methoxy groups -OCH3 is 1. The molecule has 0 radical (unpaired) electrons. The summed E-state index contributed by atoms with van der Waals surface area (Å²) in [6, 6.07) is 21.8. The highest BCUT2D eigenvalue weighted by Gasteiger charge is 2.07. The summed E-state index contributed by atoms with van der Waals surface area (Å²) in [7, 11) is 1.65. The third kappa shape index (κ3) is 5.77. The fraction of sp³-hybridized carbons (Fsp3) is 0.240. The highest BCUT2D eigenvalue weighted by Crippen LogP contribution is 2.29. The van der Waals surface area contributed by atoms with E-state index in [1.165, 1.54) is 5.56 Å². The first-order valence-electron chi connectivity index (χ1n) is 10.1. The molecular formula is C25H28N2O3. The molecule has 30 heavy (non-hydrogen) atoms. The Morgan fingerprint density at radius 2 is 1.67 bits per heavy atom. The van der Waals surface area contributed by atoms with E-state index in [1.807, 2.05) is 61.5 Å². The van der Waals surface area contributed by atoms with Gasteiger partial charge in [-0.3, -0.25) is 4.79 Å². The van der Waals surface area contributed by atoms with Crippen LogP contribution in [0.4, 0.5) is 11.4 Å². The Balaban J connectivity index is 1.59. The van der Waals surface area contributed by atoms with Crippen LogP contribution >= 0.6 is 0 Å². The van der Waals surface area contributed by atoms with E-state index in [0.717, 1.165) is 28.3 Å². The lowest BCUT2D eigenvalue weighted by Crippen LogP contribution is -2.09. The van der Waals surface area contributed by atoms with Gasteiger partial charge >= 0.3 is 0 Å². The van der Waals surface area contributed by atoms with Crippen molar-refractivity contribution >= 4 is 17.3 Å². The van der Waals surface area contributed by atoms with E-state index in [4.69, 9.17) is 9.47 Å². The summed E-state index contributed by atoms with van der Waals surface area (Å²) in [6.45, 7) is 5.06. The molecule has 3 rings (SSSR count). The molecule has 156 valence electrons. The van der Waals surface area contributed by atoms with Crippen LogP contribution in [0.1, 0.15) is 30.0 Å². The van der Waals surface area contributed by atoms with Crippen LogP contribution in [0.25, 0.3) is 0 Å². The van der Waals surface area contributed by atoms with Crippen molar-refractivity contribution in [1.82, 2.24) is 0 Å². The number of amides is 1. The quantitative estimate of drug-likeness (QED) is 0.491. The number of carbonyl (C=O) groups is 1. The number of rotatable bonds is 9. The third-order valence-electron chi connectivity index (χ3n) is 4.86. The highest BCUT2D eigenvalue weighted by atomic mass is 16.5. The molecule has 3 aromatic carbocycles. The van der Waals surface area contributed by atoms with Crippen LogP contribution in [0.3, 0.4) is 0 Å². The van der Waals surface area contributed by atoms with Gasteiger partial charge in [0.1, 0.15) is 6.61 Å². The van der Waals surface area contributed by atoms with Gasteiger partial charge in [-0.2, -0.15) is 0 Å². The zero-order chi connectivity index (χ0) is 21.3. The van der Waals surface area contributed by atoms with Gasteiger partial charge in [-0.15, -0.1) is 0 Å². The smallest absolute Gasteiger partial charge is 0.224 e. The fourth-order valence-electron chi connectivity index (χ4n) is 2.99. The molecule has 0 aromatic heterocycles. The minimum atomic E-state index is 0.00698. The van der Waals surface area contributed by atoms with Crippen molar-refractivity contribution in [3.63, 3.8) is 0 Å². The lowest BCUT2D eigenvalue weighted by Gasteiger charge is -2.14. The van der Waals surface area contributed by atoms with Crippen LogP contribution in [-0.2, 0) is 17.9 Å². The van der Waals surface area contributed by atoms with E-state index in [9.17, 15) is 4.79 Å². The molecule has 0 unspecified atom stereocenters. The van der Waals surface area contributed by atoms with E-state index in [-0.39, 0.29) is 5.91 Å². The molecular weight excluding hydrogens is 376 g/mol. The molecule has 0 saturated heterocycles. The van der Waals surface area contributed by atoms with E-state index >= 15 is 0 Å². The molecule has 1 amide bonds. The van der Waals surface area contributed by atoms with Crippen molar-refractivity contribution in [2.45, 2.75) is 33.4 Å².